The molecular weight excluding hydrogens is 358 g/mol. The number of methoxy groups -OCH3 is 2. The summed E-state index contributed by atoms with van der Waals surface area (Å²) >= 11 is 0. The molecule has 8 nitrogen and oxygen atoms in total. The third-order valence-electron chi connectivity index (χ3n) is 3.82. The second-order valence-corrected chi connectivity index (χ2v) is 5.94. The Labute approximate surface area is 162 Å². The van der Waals surface area contributed by atoms with Gasteiger partial charge in [0.15, 0.2) is 5.82 Å². The van der Waals surface area contributed by atoms with Crippen LogP contribution in [0.2, 0.25) is 0 Å². The molecular formula is C20H21N5O3. The van der Waals surface area contributed by atoms with Gasteiger partial charge in [-0.15, -0.1) is 5.10 Å². The van der Waals surface area contributed by atoms with E-state index in [0.29, 0.717) is 28.7 Å². The van der Waals surface area contributed by atoms with Gasteiger partial charge < -0.3 is 25.4 Å². The monoisotopic (exact) mass is 379 g/mol. The lowest BCUT2D eigenvalue weighted by Gasteiger charge is -2.11. The number of anilines is 4. The molecule has 0 fully saturated rings. The van der Waals surface area contributed by atoms with E-state index < -0.39 is 0 Å². The molecule has 144 valence electrons. The van der Waals surface area contributed by atoms with Crippen LogP contribution >= 0.6 is 0 Å². The maximum atomic E-state index is 12.3. The molecule has 0 aliphatic carbocycles. The first-order chi connectivity index (χ1) is 13.6. The highest BCUT2D eigenvalue weighted by Crippen LogP contribution is 2.26. The van der Waals surface area contributed by atoms with Crippen LogP contribution in [0.1, 0.15) is 5.69 Å². The number of amides is 2. The molecule has 0 spiro atoms. The van der Waals surface area contributed by atoms with E-state index in [1.54, 1.807) is 44.6 Å². The summed E-state index contributed by atoms with van der Waals surface area (Å²) in [5, 5.41) is 16.7. The molecule has 0 saturated heterocycles. The van der Waals surface area contributed by atoms with E-state index >= 15 is 0 Å². The van der Waals surface area contributed by atoms with Crippen molar-refractivity contribution in [1.82, 2.24) is 10.2 Å². The van der Waals surface area contributed by atoms with Gasteiger partial charge in [0.05, 0.1) is 19.9 Å². The van der Waals surface area contributed by atoms with Crippen molar-refractivity contribution in [2.24, 2.45) is 0 Å². The summed E-state index contributed by atoms with van der Waals surface area (Å²) in [5.74, 6) is 1.82. The van der Waals surface area contributed by atoms with Gasteiger partial charge in [0.25, 0.3) is 0 Å². The number of aryl methyl sites for hydroxylation is 1. The maximum absolute atomic E-state index is 12.3. The number of ether oxygens (including phenoxy) is 2. The largest absolute Gasteiger partial charge is 0.497 e. The van der Waals surface area contributed by atoms with Crippen LogP contribution in [0.25, 0.3) is 0 Å². The standard InChI is InChI=1S/C20H21N5O3/c1-13-4-9-19(25-24-13)21-14-5-7-15(8-6-14)22-20(26)23-16-10-17(27-2)12-18(11-16)28-3/h4-12H,1-3H3,(H,21,25)(H2,22,23,26). The summed E-state index contributed by atoms with van der Waals surface area (Å²) in [4.78, 5) is 12.3. The highest BCUT2D eigenvalue weighted by molar-refractivity contribution is 6.00. The fourth-order valence-electron chi connectivity index (χ4n) is 2.42. The molecule has 0 radical (unpaired) electrons. The number of hydrogen-bond donors (Lipinski definition) is 3. The second-order valence-electron chi connectivity index (χ2n) is 5.94. The molecule has 0 unspecified atom stereocenters. The fourth-order valence-corrected chi connectivity index (χ4v) is 2.42. The lowest BCUT2D eigenvalue weighted by Crippen LogP contribution is -2.19. The van der Waals surface area contributed by atoms with Crippen molar-refractivity contribution in [3.05, 3.63) is 60.3 Å². The second kappa shape index (κ2) is 8.72. The van der Waals surface area contributed by atoms with Crippen LogP contribution in [-0.2, 0) is 0 Å². The normalized spacial score (nSPS) is 10.1. The van der Waals surface area contributed by atoms with Gasteiger partial charge in [0.2, 0.25) is 0 Å². The summed E-state index contributed by atoms with van der Waals surface area (Å²) in [7, 11) is 3.10. The van der Waals surface area contributed by atoms with Crippen LogP contribution in [0.3, 0.4) is 0 Å². The number of carbonyl (C=O) groups is 1. The smallest absolute Gasteiger partial charge is 0.323 e. The molecule has 8 heteroatoms. The average Bonchev–Trinajstić information content (AvgIpc) is 2.70. The molecule has 1 heterocycles. The zero-order chi connectivity index (χ0) is 19.9. The number of nitrogens with one attached hydrogen (secondary N) is 3. The number of rotatable bonds is 6. The number of urea groups is 1. The van der Waals surface area contributed by atoms with Gasteiger partial charge in [-0.1, -0.05) is 0 Å². The first-order valence-electron chi connectivity index (χ1n) is 8.54. The van der Waals surface area contributed by atoms with Crippen molar-refractivity contribution >= 4 is 28.9 Å². The maximum Gasteiger partial charge on any atom is 0.323 e. The molecule has 3 N–H and O–H groups in total. The number of aromatic nitrogens is 2. The van der Waals surface area contributed by atoms with Crippen LogP contribution in [0, 0.1) is 6.92 Å². The number of nitrogens with zero attached hydrogens (tertiary/aromatic N) is 2. The van der Waals surface area contributed by atoms with E-state index in [1.807, 2.05) is 31.2 Å². The predicted molar refractivity (Wildman–Crippen MR) is 109 cm³/mol. The first kappa shape index (κ1) is 19.0. The van der Waals surface area contributed by atoms with Crippen molar-refractivity contribution < 1.29 is 14.3 Å². The minimum absolute atomic E-state index is 0.375. The van der Waals surface area contributed by atoms with Gasteiger partial charge in [0, 0.05) is 35.3 Å². The van der Waals surface area contributed by atoms with E-state index in [2.05, 4.69) is 26.1 Å². The van der Waals surface area contributed by atoms with Gasteiger partial charge in [-0.2, -0.15) is 5.10 Å². The lowest BCUT2D eigenvalue weighted by atomic mass is 10.2. The Kier molecular flexibility index (Phi) is 5.91. The highest BCUT2D eigenvalue weighted by atomic mass is 16.5. The molecule has 2 aromatic carbocycles. The van der Waals surface area contributed by atoms with Crippen LogP contribution in [0.15, 0.2) is 54.6 Å². The summed E-state index contributed by atoms with van der Waals surface area (Å²) in [6.45, 7) is 1.88. The van der Waals surface area contributed by atoms with Crippen molar-refractivity contribution in [1.29, 1.82) is 0 Å². The van der Waals surface area contributed by atoms with Gasteiger partial charge in [0.1, 0.15) is 11.5 Å². The molecule has 0 saturated carbocycles. The Morgan fingerprint density at radius 1 is 0.786 bits per heavy atom. The van der Waals surface area contributed by atoms with Gasteiger partial charge in [-0.3, -0.25) is 0 Å². The van der Waals surface area contributed by atoms with E-state index in [-0.39, 0.29) is 6.03 Å². The third-order valence-corrected chi connectivity index (χ3v) is 3.82. The molecule has 28 heavy (non-hydrogen) atoms. The summed E-state index contributed by atoms with van der Waals surface area (Å²) in [6, 6.07) is 15.7. The van der Waals surface area contributed by atoms with Crippen molar-refractivity contribution in [3.8, 4) is 11.5 Å². The molecule has 0 aliphatic heterocycles. The number of hydrogen-bond acceptors (Lipinski definition) is 6. The fraction of sp³-hybridized carbons (Fsp3) is 0.150. The number of carbonyl (C=O) groups excluding carboxylic acids is 1. The van der Waals surface area contributed by atoms with Gasteiger partial charge in [-0.25, -0.2) is 4.79 Å². The average molecular weight is 379 g/mol. The molecule has 1 aromatic heterocycles. The SMILES string of the molecule is COc1cc(NC(=O)Nc2ccc(Nc3ccc(C)nn3)cc2)cc(OC)c1. The molecule has 3 aromatic rings. The first-order valence-corrected chi connectivity index (χ1v) is 8.54. The minimum atomic E-state index is -0.375. The third kappa shape index (κ3) is 5.10. The molecule has 3 rings (SSSR count). The van der Waals surface area contributed by atoms with Crippen LogP contribution < -0.4 is 25.4 Å². The Hall–Kier alpha value is -3.81. The van der Waals surface area contributed by atoms with Crippen LogP contribution in [0.4, 0.5) is 27.7 Å². The highest BCUT2D eigenvalue weighted by Gasteiger charge is 2.07. The Bertz CT molecular complexity index is 921. The van der Waals surface area contributed by atoms with E-state index in [9.17, 15) is 4.79 Å². The van der Waals surface area contributed by atoms with E-state index in [0.717, 1.165) is 11.4 Å². The minimum Gasteiger partial charge on any atom is -0.497 e. The van der Waals surface area contributed by atoms with Gasteiger partial charge in [-0.05, 0) is 43.3 Å². The number of benzene rings is 2. The van der Waals surface area contributed by atoms with E-state index in [1.165, 1.54) is 0 Å². The molecule has 2 amide bonds. The Morgan fingerprint density at radius 2 is 1.39 bits per heavy atom. The topological polar surface area (TPSA) is 97.4 Å². The summed E-state index contributed by atoms with van der Waals surface area (Å²) in [6.07, 6.45) is 0. The predicted octanol–water partition coefficient (Wildman–Crippen LogP) is 4.19. The van der Waals surface area contributed by atoms with Crippen LogP contribution in [-0.4, -0.2) is 30.4 Å². The van der Waals surface area contributed by atoms with Crippen molar-refractivity contribution in [3.63, 3.8) is 0 Å². The Morgan fingerprint density at radius 3 is 1.96 bits per heavy atom. The summed E-state index contributed by atoms with van der Waals surface area (Å²) < 4.78 is 10.4. The van der Waals surface area contributed by atoms with Gasteiger partial charge >= 0.3 is 6.03 Å². The lowest BCUT2D eigenvalue weighted by molar-refractivity contribution is 0.262. The zero-order valence-electron chi connectivity index (χ0n) is 15.8. The van der Waals surface area contributed by atoms with Crippen molar-refractivity contribution in [2.45, 2.75) is 6.92 Å². The molecule has 0 atom stereocenters. The zero-order valence-corrected chi connectivity index (χ0v) is 15.8. The quantitative estimate of drug-likeness (QED) is 0.594. The van der Waals surface area contributed by atoms with Crippen molar-refractivity contribution in [2.75, 3.05) is 30.2 Å². The Balaban J connectivity index is 1.60. The van der Waals surface area contributed by atoms with Crippen LogP contribution in [0.5, 0.6) is 11.5 Å². The summed E-state index contributed by atoms with van der Waals surface area (Å²) in [5.41, 5.74) is 2.89. The van der Waals surface area contributed by atoms with E-state index in [4.69, 9.17) is 9.47 Å². The molecule has 0 aliphatic rings. The molecule has 0 bridgehead atoms.